The first kappa shape index (κ1) is 17.9. The molecule has 0 unspecified atom stereocenters. The van der Waals surface area contributed by atoms with Crippen LogP contribution in [0.2, 0.25) is 0 Å². The summed E-state index contributed by atoms with van der Waals surface area (Å²) in [6, 6.07) is 12.2. The molecule has 26 heavy (non-hydrogen) atoms. The summed E-state index contributed by atoms with van der Waals surface area (Å²) in [7, 11) is 4.97. The highest BCUT2D eigenvalue weighted by atomic mass is 32.2. The normalized spacial score (nSPS) is 15.1. The van der Waals surface area contributed by atoms with Crippen LogP contribution in [0.15, 0.2) is 52.4 Å². The summed E-state index contributed by atoms with van der Waals surface area (Å²) in [6.45, 7) is 0. The lowest BCUT2D eigenvalue weighted by atomic mass is 10.2. The van der Waals surface area contributed by atoms with Gasteiger partial charge in [0.05, 0.1) is 19.1 Å². The average Bonchev–Trinajstić information content (AvgIpc) is 3.02. The SMILES string of the molecule is COc1ccc(/C=C2/SC(N(C)c3ccc(O)cc3)=NC2=O)cc1OC. The van der Waals surface area contributed by atoms with Gasteiger partial charge in [-0.05, 0) is 59.8 Å². The number of aliphatic imine (C=N–C) groups is 1. The number of rotatable bonds is 4. The first-order chi connectivity index (χ1) is 12.5. The first-order valence-electron chi connectivity index (χ1n) is 7.79. The largest absolute Gasteiger partial charge is 0.508 e. The van der Waals surface area contributed by atoms with Crippen LogP contribution in [0, 0.1) is 0 Å². The molecule has 3 rings (SSSR count). The summed E-state index contributed by atoms with van der Waals surface area (Å²) in [5.74, 6) is 1.13. The Labute approximate surface area is 155 Å². The molecule has 134 valence electrons. The zero-order valence-corrected chi connectivity index (χ0v) is 15.4. The average molecular weight is 370 g/mol. The molecule has 2 aromatic rings. The summed E-state index contributed by atoms with van der Waals surface area (Å²) in [4.78, 5) is 18.7. The third kappa shape index (κ3) is 3.67. The van der Waals surface area contributed by atoms with E-state index in [1.54, 1.807) is 61.6 Å². The molecule has 0 radical (unpaired) electrons. The molecular formula is C19H18N2O4S. The van der Waals surface area contributed by atoms with E-state index < -0.39 is 0 Å². The van der Waals surface area contributed by atoms with E-state index in [2.05, 4.69) is 4.99 Å². The molecule has 0 saturated heterocycles. The van der Waals surface area contributed by atoms with Crippen LogP contribution in [-0.4, -0.2) is 37.4 Å². The second kappa shape index (κ2) is 7.53. The molecule has 2 aromatic carbocycles. The van der Waals surface area contributed by atoms with Crippen molar-refractivity contribution in [1.29, 1.82) is 0 Å². The number of methoxy groups -OCH3 is 2. The van der Waals surface area contributed by atoms with Crippen molar-refractivity contribution in [3.05, 3.63) is 52.9 Å². The van der Waals surface area contributed by atoms with E-state index in [1.807, 2.05) is 13.1 Å². The van der Waals surface area contributed by atoms with Crippen LogP contribution >= 0.6 is 11.8 Å². The number of hydrogen-bond acceptors (Lipinski definition) is 6. The van der Waals surface area contributed by atoms with Crippen molar-refractivity contribution in [2.45, 2.75) is 0 Å². The number of amides is 1. The standard InChI is InChI=1S/C19H18N2O4S/c1-21(13-5-7-14(22)8-6-13)19-20-18(23)17(26-19)11-12-4-9-15(24-2)16(10-12)25-3/h4-11,22H,1-3H3/b17-11+. The summed E-state index contributed by atoms with van der Waals surface area (Å²) in [5.41, 5.74) is 1.65. The second-order valence-electron chi connectivity index (χ2n) is 5.50. The Balaban J connectivity index is 1.81. The van der Waals surface area contributed by atoms with Gasteiger partial charge >= 0.3 is 0 Å². The molecule has 0 saturated carbocycles. The number of nitrogens with zero attached hydrogens (tertiary/aromatic N) is 2. The number of phenols is 1. The van der Waals surface area contributed by atoms with Gasteiger partial charge in [-0.25, -0.2) is 0 Å². The van der Waals surface area contributed by atoms with Gasteiger partial charge in [0.15, 0.2) is 16.7 Å². The van der Waals surface area contributed by atoms with E-state index >= 15 is 0 Å². The molecule has 1 aliphatic heterocycles. The van der Waals surface area contributed by atoms with Gasteiger partial charge in [-0.15, -0.1) is 0 Å². The summed E-state index contributed by atoms with van der Waals surface area (Å²) >= 11 is 1.30. The molecule has 1 heterocycles. The van der Waals surface area contributed by atoms with Gasteiger partial charge in [-0.1, -0.05) is 6.07 Å². The fourth-order valence-corrected chi connectivity index (χ4v) is 3.32. The highest BCUT2D eigenvalue weighted by molar-refractivity contribution is 8.18. The Hall–Kier alpha value is -2.93. The maximum Gasteiger partial charge on any atom is 0.286 e. The first-order valence-corrected chi connectivity index (χ1v) is 8.61. The smallest absolute Gasteiger partial charge is 0.286 e. The number of hydrogen-bond donors (Lipinski definition) is 1. The lowest BCUT2D eigenvalue weighted by Gasteiger charge is -2.17. The number of thioether (sulfide) groups is 1. The summed E-state index contributed by atoms with van der Waals surface area (Å²) < 4.78 is 10.5. The number of amidine groups is 1. The Bertz CT molecular complexity index is 891. The van der Waals surface area contributed by atoms with E-state index in [1.165, 1.54) is 11.8 Å². The number of benzene rings is 2. The van der Waals surface area contributed by atoms with E-state index in [4.69, 9.17) is 9.47 Å². The van der Waals surface area contributed by atoms with E-state index in [0.29, 0.717) is 21.6 Å². The molecule has 0 aliphatic carbocycles. The number of anilines is 1. The van der Waals surface area contributed by atoms with E-state index in [-0.39, 0.29) is 11.7 Å². The van der Waals surface area contributed by atoms with Crippen LogP contribution in [0.3, 0.4) is 0 Å². The van der Waals surface area contributed by atoms with Crippen LogP contribution in [0.4, 0.5) is 5.69 Å². The van der Waals surface area contributed by atoms with Gasteiger partial charge < -0.3 is 19.5 Å². The Morgan fingerprint density at radius 2 is 1.77 bits per heavy atom. The summed E-state index contributed by atoms with van der Waals surface area (Å²) in [6.07, 6.45) is 1.77. The number of carbonyl (C=O) groups excluding carboxylic acids is 1. The molecule has 0 aromatic heterocycles. The van der Waals surface area contributed by atoms with Crippen molar-refractivity contribution in [3.8, 4) is 17.2 Å². The highest BCUT2D eigenvalue weighted by Crippen LogP contribution is 2.34. The predicted octanol–water partition coefficient (Wildman–Crippen LogP) is 3.52. The Kier molecular flexibility index (Phi) is 5.18. The quantitative estimate of drug-likeness (QED) is 0.831. The topological polar surface area (TPSA) is 71.4 Å². The number of aromatic hydroxyl groups is 1. The van der Waals surface area contributed by atoms with Gasteiger partial charge in [0.2, 0.25) is 0 Å². The monoisotopic (exact) mass is 370 g/mol. The summed E-state index contributed by atoms with van der Waals surface area (Å²) in [5, 5.41) is 9.97. The molecule has 0 spiro atoms. The van der Waals surface area contributed by atoms with Gasteiger partial charge in [0.25, 0.3) is 5.91 Å². The number of ether oxygens (including phenoxy) is 2. The fourth-order valence-electron chi connectivity index (χ4n) is 2.42. The minimum absolute atomic E-state index is 0.188. The number of phenolic OH excluding ortho intramolecular Hbond substituents is 1. The van der Waals surface area contributed by atoms with Crippen molar-refractivity contribution in [3.63, 3.8) is 0 Å². The Morgan fingerprint density at radius 3 is 2.42 bits per heavy atom. The van der Waals surface area contributed by atoms with Crippen LogP contribution in [-0.2, 0) is 4.79 Å². The van der Waals surface area contributed by atoms with Gasteiger partial charge in [-0.3, -0.25) is 4.79 Å². The van der Waals surface area contributed by atoms with Crippen molar-refractivity contribution < 1.29 is 19.4 Å². The Morgan fingerprint density at radius 1 is 1.08 bits per heavy atom. The van der Waals surface area contributed by atoms with Crippen molar-refractivity contribution in [2.24, 2.45) is 4.99 Å². The minimum atomic E-state index is -0.287. The van der Waals surface area contributed by atoms with Crippen LogP contribution < -0.4 is 14.4 Å². The third-order valence-electron chi connectivity index (χ3n) is 3.84. The molecule has 0 bridgehead atoms. The van der Waals surface area contributed by atoms with Crippen LogP contribution in [0.5, 0.6) is 17.2 Å². The molecule has 0 fully saturated rings. The molecular weight excluding hydrogens is 352 g/mol. The predicted molar refractivity (Wildman–Crippen MR) is 104 cm³/mol. The van der Waals surface area contributed by atoms with Gasteiger partial charge in [-0.2, -0.15) is 4.99 Å². The maximum atomic E-state index is 12.3. The molecule has 6 nitrogen and oxygen atoms in total. The molecule has 1 aliphatic rings. The zero-order chi connectivity index (χ0) is 18.7. The van der Waals surface area contributed by atoms with E-state index in [0.717, 1.165) is 11.3 Å². The van der Waals surface area contributed by atoms with Crippen molar-refractivity contribution >= 4 is 34.6 Å². The molecule has 0 atom stereocenters. The second-order valence-corrected chi connectivity index (χ2v) is 6.51. The van der Waals surface area contributed by atoms with Crippen molar-refractivity contribution in [2.75, 3.05) is 26.2 Å². The molecule has 1 N–H and O–H groups in total. The minimum Gasteiger partial charge on any atom is -0.508 e. The third-order valence-corrected chi connectivity index (χ3v) is 4.90. The fraction of sp³-hybridized carbons (Fsp3) is 0.158. The highest BCUT2D eigenvalue weighted by Gasteiger charge is 2.25. The van der Waals surface area contributed by atoms with E-state index in [9.17, 15) is 9.90 Å². The molecule has 7 heteroatoms. The van der Waals surface area contributed by atoms with Crippen LogP contribution in [0.1, 0.15) is 5.56 Å². The van der Waals surface area contributed by atoms with Gasteiger partial charge in [0, 0.05) is 12.7 Å². The lowest BCUT2D eigenvalue weighted by Crippen LogP contribution is -2.21. The number of carbonyl (C=O) groups is 1. The molecule has 1 amide bonds. The van der Waals surface area contributed by atoms with Gasteiger partial charge in [0.1, 0.15) is 5.75 Å². The van der Waals surface area contributed by atoms with Crippen molar-refractivity contribution in [1.82, 2.24) is 0 Å². The zero-order valence-electron chi connectivity index (χ0n) is 14.6. The maximum absolute atomic E-state index is 12.3. The van der Waals surface area contributed by atoms with Crippen LogP contribution in [0.25, 0.3) is 6.08 Å². The lowest BCUT2D eigenvalue weighted by molar-refractivity contribution is -0.113.